The average Bonchev–Trinajstić information content (AvgIpc) is 2.89. The Morgan fingerprint density at radius 3 is 2.95 bits per heavy atom. The van der Waals surface area contributed by atoms with Crippen LogP contribution in [-0.2, 0) is 11.2 Å². The van der Waals surface area contributed by atoms with Crippen molar-refractivity contribution in [1.29, 1.82) is 0 Å². The third-order valence-electron chi connectivity index (χ3n) is 4.52. The van der Waals surface area contributed by atoms with Gasteiger partial charge in [-0.2, -0.15) is 0 Å². The van der Waals surface area contributed by atoms with Gasteiger partial charge in [0.25, 0.3) is 0 Å². The number of thiophene rings is 1. The van der Waals surface area contributed by atoms with E-state index in [4.69, 9.17) is 0 Å². The third kappa shape index (κ3) is 3.88. The first-order chi connectivity index (χ1) is 10.2. The fourth-order valence-electron chi connectivity index (χ4n) is 3.39. The second-order valence-corrected chi connectivity index (χ2v) is 8.54. The number of hydrogen-bond donors (Lipinski definition) is 1. The van der Waals surface area contributed by atoms with E-state index in [2.05, 4.69) is 27.3 Å². The molecule has 1 N–H and O–H groups in total. The van der Waals surface area contributed by atoms with E-state index in [9.17, 15) is 4.79 Å². The summed E-state index contributed by atoms with van der Waals surface area (Å²) >= 11 is 5.45. The number of fused-ring (bicyclic) bond motifs is 1. The van der Waals surface area contributed by atoms with Crippen molar-refractivity contribution in [3.8, 4) is 0 Å². The first kappa shape index (κ1) is 15.5. The fourth-order valence-corrected chi connectivity index (χ4v) is 5.21. The van der Waals surface area contributed by atoms with Gasteiger partial charge in [0.1, 0.15) is 0 Å². The van der Waals surface area contributed by atoms with Gasteiger partial charge in [-0.3, -0.25) is 4.79 Å². The molecule has 1 saturated heterocycles. The predicted octanol–water partition coefficient (Wildman–Crippen LogP) is 3.88. The first-order valence-electron chi connectivity index (χ1n) is 8.03. The zero-order valence-corrected chi connectivity index (χ0v) is 14.8. The smallest absolute Gasteiger partial charge is 0.223 e. The minimum absolute atomic E-state index is 0.324. The lowest BCUT2D eigenvalue weighted by Gasteiger charge is -2.28. The van der Waals surface area contributed by atoms with Crippen LogP contribution in [0.3, 0.4) is 0 Å². The second-order valence-electron chi connectivity index (χ2n) is 6.02. The lowest BCUT2D eigenvalue weighted by molar-refractivity contribution is -0.132. The summed E-state index contributed by atoms with van der Waals surface area (Å²) in [6, 6.07) is 2.69. The molecule has 116 valence electrons. The molecule has 0 bridgehead atoms. The molecule has 1 amide bonds. The van der Waals surface area contributed by atoms with Gasteiger partial charge in [-0.1, -0.05) is 0 Å². The van der Waals surface area contributed by atoms with E-state index in [0.717, 1.165) is 19.6 Å². The highest BCUT2D eigenvalue weighted by Gasteiger charge is 2.23. The molecular weight excluding hydrogens is 348 g/mol. The van der Waals surface area contributed by atoms with Gasteiger partial charge in [0.05, 0.1) is 3.79 Å². The highest BCUT2D eigenvalue weighted by atomic mass is 79.9. The average molecular weight is 371 g/mol. The highest BCUT2D eigenvalue weighted by Crippen LogP contribution is 2.37. The molecule has 0 saturated carbocycles. The van der Waals surface area contributed by atoms with E-state index >= 15 is 0 Å². The van der Waals surface area contributed by atoms with Crippen LogP contribution in [0.15, 0.2) is 9.85 Å². The topological polar surface area (TPSA) is 32.3 Å². The number of likely N-dealkylation sites (tertiary alicyclic amines) is 1. The molecule has 0 aromatic carbocycles. The molecule has 0 radical (unpaired) electrons. The molecule has 1 fully saturated rings. The SMILES string of the molecule is O=C(CCNC1CCCc2sc(Br)cc21)N1CCCCC1. The van der Waals surface area contributed by atoms with Crippen LogP contribution in [0.2, 0.25) is 0 Å². The predicted molar refractivity (Wildman–Crippen MR) is 90.7 cm³/mol. The van der Waals surface area contributed by atoms with Crippen LogP contribution in [-0.4, -0.2) is 30.4 Å². The molecule has 3 rings (SSSR count). The van der Waals surface area contributed by atoms with E-state index in [1.165, 1.54) is 52.8 Å². The minimum Gasteiger partial charge on any atom is -0.343 e. The number of hydrogen-bond acceptors (Lipinski definition) is 3. The molecule has 2 aliphatic rings. The summed E-state index contributed by atoms with van der Waals surface area (Å²) in [4.78, 5) is 15.7. The lowest BCUT2D eigenvalue weighted by atomic mass is 9.94. The number of carbonyl (C=O) groups is 1. The van der Waals surface area contributed by atoms with Gasteiger partial charge in [0.2, 0.25) is 5.91 Å². The maximum absolute atomic E-state index is 12.2. The Labute approximate surface area is 139 Å². The molecule has 1 atom stereocenters. The Balaban J connectivity index is 1.48. The van der Waals surface area contributed by atoms with Gasteiger partial charge in [0, 0.05) is 37.0 Å². The molecule has 0 spiro atoms. The van der Waals surface area contributed by atoms with Crippen LogP contribution in [0.4, 0.5) is 0 Å². The van der Waals surface area contributed by atoms with Gasteiger partial charge in [-0.25, -0.2) is 0 Å². The van der Waals surface area contributed by atoms with E-state index in [1.54, 1.807) is 0 Å². The molecule has 1 aromatic heterocycles. The van der Waals surface area contributed by atoms with Crippen LogP contribution in [0.1, 0.15) is 55.0 Å². The Hall–Kier alpha value is -0.390. The minimum atomic E-state index is 0.324. The van der Waals surface area contributed by atoms with Gasteiger partial charge in [0.15, 0.2) is 0 Å². The van der Waals surface area contributed by atoms with Crippen LogP contribution in [0.5, 0.6) is 0 Å². The van der Waals surface area contributed by atoms with Crippen molar-refractivity contribution in [3.63, 3.8) is 0 Å². The zero-order chi connectivity index (χ0) is 14.7. The summed E-state index contributed by atoms with van der Waals surface area (Å²) in [5.41, 5.74) is 1.45. The van der Waals surface area contributed by atoms with Gasteiger partial charge < -0.3 is 10.2 Å². The molecule has 1 aliphatic carbocycles. The molecule has 1 aromatic rings. The standard InChI is InChI=1S/C16H23BrN2OS/c17-15-11-12-13(5-4-6-14(12)21-15)18-8-7-16(20)19-9-2-1-3-10-19/h11,13,18H,1-10H2. The summed E-state index contributed by atoms with van der Waals surface area (Å²) in [5.74, 6) is 0.324. The number of aryl methyl sites for hydroxylation is 1. The Bertz CT molecular complexity index is 496. The molecule has 1 unspecified atom stereocenters. The van der Waals surface area contributed by atoms with Crippen LogP contribution in [0.25, 0.3) is 0 Å². The number of nitrogens with one attached hydrogen (secondary N) is 1. The van der Waals surface area contributed by atoms with Crippen molar-refractivity contribution < 1.29 is 4.79 Å². The monoisotopic (exact) mass is 370 g/mol. The normalized spacial score (nSPS) is 22.1. The maximum atomic E-state index is 12.2. The Kier molecular flexibility index (Phi) is 5.35. The first-order valence-corrected chi connectivity index (χ1v) is 9.64. The van der Waals surface area contributed by atoms with Crippen LogP contribution in [0, 0.1) is 0 Å². The largest absolute Gasteiger partial charge is 0.343 e. The van der Waals surface area contributed by atoms with E-state index < -0.39 is 0 Å². The van der Waals surface area contributed by atoms with Crippen molar-refractivity contribution in [2.45, 2.75) is 51.0 Å². The van der Waals surface area contributed by atoms with Gasteiger partial charge in [-0.05, 0) is 66.1 Å². The van der Waals surface area contributed by atoms with Crippen molar-refractivity contribution in [2.24, 2.45) is 0 Å². The number of nitrogens with zero attached hydrogens (tertiary/aromatic N) is 1. The van der Waals surface area contributed by atoms with Crippen molar-refractivity contribution in [1.82, 2.24) is 10.2 Å². The van der Waals surface area contributed by atoms with E-state index in [-0.39, 0.29) is 0 Å². The summed E-state index contributed by atoms with van der Waals surface area (Å²) < 4.78 is 1.23. The van der Waals surface area contributed by atoms with E-state index in [0.29, 0.717) is 18.4 Å². The Morgan fingerprint density at radius 2 is 2.14 bits per heavy atom. The van der Waals surface area contributed by atoms with Crippen molar-refractivity contribution >= 4 is 33.2 Å². The Morgan fingerprint density at radius 1 is 1.33 bits per heavy atom. The summed E-state index contributed by atoms with van der Waals surface area (Å²) in [6.07, 6.45) is 7.90. The third-order valence-corrected chi connectivity index (χ3v) is 6.24. The highest BCUT2D eigenvalue weighted by molar-refractivity contribution is 9.11. The molecule has 5 heteroatoms. The molecule has 2 heterocycles. The maximum Gasteiger partial charge on any atom is 0.223 e. The van der Waals surface area contributed by atoms with E-state index in [1.807, 2.05) is 16.2 Å². The summed E-state index contributed by atoms with van der Waals surface area (Å²) in [7, 11) is 0. The fraction of sp³-hybridized carbons (Fsp3) is 0.688. The number of carbonyl (C=O) groups excluding carboxylic acids is 1. The molecule has 1 aliphatic heterocycles. The molecule has 21 heavy (non-hydrogen) atoms. The van der Waals surface area contributed by atoms with Crippen molar-refractivity contribution in [3.05, 3.63) is 20.3 Å². The molecular formula is C16H23BrN2OS. The van der Waals surface area contributed by atoms with Crippen LogP contribution < -0.4 is 5.32 Å². The zero-order valence-electron chi connectivity index (χ0n) is 12.4. The number of rotatable bonds is 4. The summed E-state index contributed by atoms with van der Waals surface area (Å²) in [5, 5.41) is 3.60. The number of amides is 1. The van der Waals surface area contributed by atoms with Gasteiger partial charge in [-0.15, -0.1) is 11.3 Å². The lowest BCUT2D eigenvalue weighted by Crippen LogP contribution is -2.37. The quantitative estimate of drug-likeness (QED) is 0.871. The van der Waals surface area contributed by atoms with Crippen LogP contribution >= 0.6 is 27.3 Å². The number of piperidine rings is 1. The number of halogens is 1. The second kappa shape index (κ2) is 7.25. The molecule has 3 nitrogen and oxygen atoms in total. The van der Waals surface area contributed by atoms with Crippen molar-refractivity contribution in [2.75, 3.05) is 19.6 Å². The summed E-state index contributed by atoms with van der Waals surface area (Å²) in [6.45, 7) is 2.72. The van der Waals surface area contributed by atoms with Gasteiger partial charge >= 0.3 is 0 Å².